The maximum atomic E-state index is 11.9. The van der Waals surface area contributed by atoms with E-state index in [1.807, 2.05) is 0 Å². The van der Waals surface area contributed by atoms with Gasteiger partial charge in [0.15, 0.2) is 5.78 Å². The van der Waals surface area contributed by atoms with E-state index < -0.39 is 17.7 Å². The molecule has 1 aliphatic heterocycles. The minimum Gasteiger partial charge on any atom is -0.378 e. The number of Topliss-reactive ketones (excluding diaryl/α,β-unsaturated/α-hetero) is 1. The summed E-state index contributed by atoms with van der Waals surface area (Å²) in [7, 11) is 0. The summed E-state index contributed by atoms with van der Waals surface area (Å²) >= 11 is 0. The van der Waals surface area contributed by atoms with Gasteiger partial charge in [0.05, 0.1) is 13.2 Å². The van der Waals surface area contributed by atoms with E-state index in [4.69, 9.17) is 4.74 Å². The van der Waals surface area contributed by atoms with E-state index in [2.05, 4.69) is 9.99 Å². The van der Waals surface area contributed by atoms with Crippen LogP contribution in [0.3, 0.4) is 0 Å². The summed E-state index contributed by atoms with van der Waals surface area (Å²) in [5.41, 5.74) is -0.373. The predicted molar refractivity (Wildman–Crippen MR) is 57.3 cm³/mol. The van der Waals surface area contributed by atoms with E-state index >= 15 is 0 Å². The molecule has 0 aromatic carbocycles. The largest absolute Gasteiger partial charge is 0.378 e. The number of oxime groups is 1. The van der Waals surface area contributed by atoms with Crippen LogP contribution in [0.1, 0.15) is 13.8 Å². The molecular weight excluding hydrogens is 228 g/mol. The van der Waals surface area contributed by atoms with Crippen molar-refractivity contribution in [3.63, 3.8) is 0 Å². The number of nitrogens with zero attached hydrogens (tertiary/aromatic N) is 2. The van der Waals surface area contributed by atoms with Crippen molar-refractivity contribution in [3.8, 4) is 0 Å². The molecule has 0 aliphatic carbocycles. The molecule has 1 rings (SSSR count). The standard InChI is InChI=1S/C10H14N2O5/c1-7(13)9(11-17-8(2)14)10(15)12-3-5-16-6-4-12/h3-6H2,1-2H3. The molecule has 0 radical (unpaired) electrons. The summed E-state index contributed by atoms with van der Waals surface area (Å²) in [6, 6.07) is 0. The van der Waals surface area contributed by atoms with Gasteiger partial charge >= 0.3 is 5.97 Å². The fourth-order valence-electron chi connectivity index (χ4n) is 1.28. The summed E-state index contributed by atoms with van der Waals surface area (Å²) in [6.45, 7) is 3.96. The van der Waals surface area contributed by atoms with Gasteiger partial charge in [-0.1, -0.05) is 5.16 Å². The molecule has 1 fully saturated rings. The number of hydrogen-bond donors (Lipinski definition) is 0. The SMILES string of the molecule is CC(=O)ON=C(C(C)=O)C(=O)N1CCOCC1. The Hall–Kier alpha value is -1.76. The Morgan fingerprint density at radius 3 is 2.24 bits per heavy atom. The van der Waals surface area contributed by atoms with E-state index in [9.17, 15) is 14.4 Å². The van der Waals surface area contributed by atoms with Crippen LogP contribution < -0.4 is 0 Å². The van der Waals surface area contributed by atoms with Crippen molar-refractivity contribution >= 4 is 23.4 Å². The second-order valence-corrected chi connectivity index (χ2v) is 3.48. The van der Waals surface area contributed by atoms with Crippen LogP contribution in [0.4, 0.5) is 0 Å². The number of carbonyl (C=O) groups excluding carboxylic acids is 3. The Balaban J connectivity index is 2.75. The van der Waals surface area contributed by atoms with Crippen LogP contribution in [0.25, 0.3) is 0 Å². The van der Waals surface area contributed by atoms with Gasteiger partial charge < -0.3 is 14.5 Å². The van der Waals surface area contributed by atoms with Crippen molar-refractivity contribution in [2.75, 3.05) is 26.3 Å². The van der Waals surface area contributed by atoms with Crippen molar-refractivity contribution < 1.29 is 24.0 Å². The highest BCUT2D eigenvalue weighted by atomic mass is 16.7. The third-order valence-corrected chi connectivity index (χ3v) is 2.10. The number of hydrogen-bond acceptors (Lipinski definition) is 6. The Labute approximate surface area is 98.3 Å². The molecule has 0 atom stereocenters. The second-order valence-electron chi connectivity index (χ2n) is 3.48. The first-order chi connectivity index (χ1) is 8.02. The molecule has 0 unspecified atom stereocenters. The third kappa shape index (κ3) is 3.95. The van der Waals surface area contributed by atoms with Gasteiger partial charge in [0, 0.05) is 26.9 Å². The van der Waals surface area contributed by atoms with Crippen molar-refractivity contribution in [1.82, 2.24) is 4.90 Å². The summed E-state index contributed by atoms with van der Waals surface area (Å²) in [5.74, 6) is -1.76. The molecule has 1 heterocycles. The maximum Gasteiger partial charge on any atom is 0.332 e. The Morgan fingerprint density at radius 2 is 1.76 bits per heavy atom. The van der Waals surface area contributed by atoms with Crippen LogP contribution in [-0.4, -0.2) is 54.6 Å². The first-order valence-electron chi connectivity index (χ1n) is 5.16. The zero-order valence-electron chi connectivity index (χ0n) is 9.76. The van der Waals surface area contributed by atoms with Crippen LogP contribution in [0.15, 0.2) is 5.16 Å². The molecule has 1 aliphatic rings. The number of rotatable bonds is 3. The third-order valence-electron chi connectivity index (χ3n) is 2.10. The molecule has 94 valence electrons. The smallest absolute Gasteiger partial charge is 0.332 e. The van der Waals surface area contributed by atoms with Crippen LogP contribution in [0.2, 0.25) is 0 Å². The van der Waals surface area contributed by atoms with E-state index in [1.54, 1.807) is 0 Å². The van der Waals surface area contributed by atoms with Crippen molar-refractivity contribution in [3.05, 3.63) is 0 Å². The number of ether oxygens (including phenoxy) is 1. The van der Waals surface area contributed by atoms with E-state index in [-0.39, 0.29) is 5.71 Å². The van der Waals surface area contributed by atoms with Crippen molar-refractivity contribution in [2.24, 2.45) is 5.16 Å². The lowest BCUT2D eigenvalue weighted by atomic mass is 10.2. The fourth-order valence-corrected chi connectivity index (χ4v) is 1.28. The first kappa shape index (κ1) is 13.3. The Morgan fingerprint density at radius 1 is 1.18 bits per heavy atom. The van der Waals surface area contributed by atoms with E-state index in [0.29, 0.717) is 26.3 Å². The summed E-state index contributed by atoms with van der Waals surface area (Å²) < 4.78 is 5.08. The number of amides is 1. The molecule has 0 aromatic rings. The summed E-state index contributed by atoms with van der Waals surface area (Å²) in [6.07, 6.45) is 0. The van der Waals surface area contributed by atoms with Crippen LogP contribution in [0.5, 0.6) is 0 Å². The molecule has 0 saturated carbocycles. The van der Waals surface area contributed by atoms with Gasteiger partial charge in [-0.15, -0.1) is 0 Å². The van der Waals surface area contributed by atoms with Gasteiger partial charge in [0.1, 0.15) is 0 Å². The van der Waals surface area contributed by atoms with Gasteiger partial charge in [0.25, 0.3) is 5.91 Å². The highest BCUT2D eigenvalue weighted by Gasteiger charge is 2.25. The van der Waals surface area contributed by atoms with Crippen molar-refractivity contribution in [2.45, 2.75) is 13.8 Å². The number of ketones is 1. The monoisotopic (exact) mass is 242 g/mol. The maximum absolute atomic E-state index is 11.9. The molecule has 7 nitrogen and oxygen atoms in total. The quantitative estimate of drug-likeness (QED) is 0.284. The average molecular weight is 242 g/mol. The first-order valence-corrected chi connectivity index (χ1v) is 5.16. The lowest BCUT2D eigenvalue weighted by Gasteiger charge is -2.26. The molecule has 0 aromatic heterocycles. The van der Waals surface area contributed by atoms with Gasteiger partial charge in [-0.05, 0) is 0 Å². The van der Waals surface area contributed by atoms with Gasteiger partial charge in [0.2, 0.25) is 5.71 Å². The molecular formula is C10H14N2O5. The lowest BCUT2D eigenvalue weighted by Crippen LogP contribution is -2.45. The highest BCUT2D eigenvalue weighted by Crippen LogP contribution is 2.00. The predicted octanol–water partition coefficient (Wildman–Crippen LogP) is -0.647. The normalized spacial score (nSPS) is 16.6. The van der Waals surface area contributed by atoms with Crippen LogP contribution in [0, 0.1) is 0 Å². The molecule has 0 spiro atoms. The van der Waals surface area contributed by atoms with Crippen molar-refractivity contribution in [1.29, 1.82) is 0 Å². The minimum absolute atomic E-state index is 0.373. The Bertz CT molecular complexity index is 358. The summed E-state index contributed by atoms with van der Waals surface area (Å²) in [5, 5.41) is 3.28. The van der Waals surface area contributed by atoms with Gasteiger partial charge in [-0.2, -0.15) is 0 Å². The van der Waals surface area contributed by atoms with Crippen LogP contribution >= 0.6 is 0 Å². The Kier molecular flexibility index (Phi) is 4.77. The molecule has 1 saturated heterocycles. The molecule has 0 N–H and O–H groups in total. The zero-order valence-corrected chi connectivity index (χ0v) is 9.76. The number of morpholine rings is 1. The minimum atomic E-state index is -0.682. The fraction of sp³-hybridized carbons (Fsp3) is 0.600. The summed E-state index contributed by atoms with van der Waals surface area (Å²) in [4.78, 5) is 39.5. The molecule has 17 heavy (non-hydrogen) atoms. The highest BCUT2D eigenvalue weighted by molar-refractivity contribution is 6.65. The molecule has 0 bridgehead atoms. The van der Waals surface area contributed by atoms with Gasteiger partial charge in [-0.3, -0.25) is 9.59 Å². The average Bonchev–Trinajstić information content (AvgIpc) is 2.29. The van der Waals surface area contributed by atoms with Gasteiger partial charge in [-0.25, -0.2) is 4.79 Å². The topological polar surface area (TPSA) is 85.3 Å². The molecule has 1 amide bonds. The zero-order chi connectivity index (χ0) is 12.8. The van der Waals surface area contributed by atoms with E-state index in [1.165, 1.54) is 11.8 Å². The van der Waals surface area contributed by atoms with E-state index in [0.717, 1.165) is 6.92 Å². The lowest BCUT2D eigenvalue weighted by molar-refractivity contribution is -0.141. The second kappa shape index (κ2) is 6.09. The molecule has 7 heteroatoms. The van der Waals surface area contributed by atoms with Crippen LogP contribution in [-0.2, 0) is 24.0 Å². The number of carbonyl (C=O) groups is 3.